The molecule has 0 saturated heterocycles. The lowest BCUT2D eigenvalue weighted by Crippen LogP contribution is -1.79. The molecule has 0 fully saturated rings. The van der Waals surface area contributed by atoms with Gasteiger partial charge in [0.15, 0.2) is 0 Å². The zero-order valence-corrected chi connectivity index (χ0v) is 11.3. The fourth-order valence-corrected chi connectivity index (χ4v) is 1.72. The molecule has 0 N–H and O–H groups in total. The van der Waals surface area contributed by atoms with Crippen LogP contribution in [0.1, 0.15) is 36.9 Å². The van der Waals surface area contributed by atoms with Crippen LogP contribution < -0.4 is 0 Å². The Labute approximate surface area is 108 Å². The summed E-state index contributed by atoms with van der Waals surface area (Å²) in [5.41, 5.74) is 2.33. The molecule has 0 aliphatic rings. The first kappa shape index (κ1) is 12.5. The molecule has 94 valence electrons. The summed E-state index contributed by atoms with van der Waals surface area (Å²) in [6.07, 6.45) is 4.07. The largest absolute Gasteiger partial charge is 0.462 e. The maximum absolute atomic E-state index is 5.53. The standard InChI is InChI=1S/C16H18O2/c1-11(9-15-7-5-13(3)17-15)12(2)10-16-8-6-14(4)18-16/h5-10H,1-4H3/b11-9+,12-10+. The maximum Gasteiger partial charge on any atom is 0.127 e. The highest BCUT2D eigenvalue weighted by molar-refractivity contribution is 5.61. The maximum atomic E-state index is 5.53. The minimum Gasteiger partial charge on any atom is -0.462 e. The number of allylic oxidation sites excluding steroid dienone is 2. The molecule has 2 aromatic heterocycles. The van der Waals surface area contributed by atoms with Crippen molar-refractivity contribution in [3.8, 4) is 0 Å². The van der Waals surface area contributed by atoms with Gasteiger partial charge in [0.05, 0.1) is 0 Å². The first-order valence-corrected chi connectivity index (χ1v) is 6.04. The number of hydrogen-bond acceptors (Lipinski definition) is 2. The monoisotopic (exact) mass is 242 g/mol. The van der Waals surface area contributed by atoms with E-state index in [2.05, 4.69) is 13.8 Å². The van der Waals surface area contributed by atoms with E-state index in [1.807, 2.05) is 50.3 Å². The molecule has 18 heavy (non-hydrogen) atoms. The van der Waals surface area contributed by atoms with E-state index >= 15 is 0 Å². The van der Waals surface area contributed by atoms with E-state index in [-0.39, 0.29) is 0 Å². The molecule has 0 aliphatic carbocycles. The van der Waals surface area contributed by atoms with Gasteiger partial charge in [-0.05, 0) is 75.3 Å². The van der Waals surface area contributed by atoms with E-state index in [1.165, 1.54) is 11.1 Å². The van der Waals surface area contributed by atoms with Crippen molar-refractivity contribution >= 4 is 12.2 Å². The van der Waals surface area contributed by atoms with E-state index in [4.69, 9.17) is 8.83 Å². The summed E-state index contributed by atoms with van der Waals surface area (Å²) >= 11 is 0. The molecular formula is C16H18O2. The Morgan fingerprint density at radius 1 is 0.778 bits per heavy atom. The molecule has 2 nitrogen and oxygen atoms in total. The summed E-state index contributed by atoms with van der Waals surface area (Å²) in [6.45, 7) is 8.03. The summed E-state index contributed by atoms with van der Waals surface area (Å²) in [5.74, 6) is 3.62. The van der Waals surface area contributed by atoms with Crippen molar-refractivity contribution in [3.63, 3.8) is 0 Å². The lowest BCUT2D eigenvalue weighted by atomic mass is 10.1. The average molecular weight is 242 g/mol. The molecule has 0 spiro atoms. The van der Waals surface area contributed by atoms with Crippen LogP contribution >= 0.6 is 0 Å². The number of hydrogen-bond donors (Lipinski definition) is 0. The van der Waals surface area contributed by atoms with Crippen LogP contribution in [0, 0.1) is 13.8 Å². The Morgan fingerprint density at radius 3 is 1.44 bits per heavy atom. The molecule has 0 aliphatic heterocycles. The van der Waals surface area contributed by atoms with Crippen molar-refractivity contribution < 1.29 is 8.83 Å². The highest BCUT2D eigenvalue weighted by atomic mass is 16.3. The summed E-state index contributed by atoms with van der Waals surface area (Å²) in [6, 6.07) is 7.88. The van der Waals surface area contributed by atoms with Crippen molar-refractivity contribution in [1.82, 2.24) is 0 Å². The van der Waals surface area contributed by atoms with E-state index in [0.717, 1.165) is 23.0 Å². The van der Waals surface area contributed by atoms with Crippen LogP contribution in [-0.4, -0.2) is 0 Å². The van der Waals surface area contributed by atoms with Crippen LogP contribution in [0.3, 0.4) is 0 Å². The van der Waals surface area contributed by atoms with Crippen LogP contribution in [0.25, 0.3) is 12.2 Å². The molecule has 0 aromatic carbocycles. The number of aryl methyl sites for hydroxylation is 2. The van der Waals surface area contributed by atoms with E-state index in [0.29, 0.717) is 0 Å². The quantitative estimate of drug-likeness (QED) is 0.708. The average Bonchev–Trinajstić information content (AvgIpc) is 2.88. The second-order valence-electron chi connectivity index (χ2n) is 4.55. The van der Waals surface area contributed by atoms with Gasteiger partial charge in [0, 0.05) is 0 Å². The molecule has 0 saturated carbocycles. The van der Waals surface area contributed by atoms with Crippen molar-refractivity contribution in [1.29, 1.82) is 0 Å². The third-order valence-electron chi connectivity index (χ3n) is 2.86. The second-order valence-corrected chi connectivity index (χ2v) is 4.55. The molecule has 2 rings (SSSR count). The summed E-state index contributed by atoms with van der Waals surface area (Å²) in [4.78, 5) is 0. The number of furan rings is 2. The Balaban J connectivity index is 2.20. The van der Waals surface area contributed by atoms with Gasteiger partial charge in [-0.2, -0.15) is 0 Å². The van der Waals surface area contributed by atoms with Gasteiger partial charge in [-0.3, -0.25) is 0 Å². The Kier molecular flexibility index (Phi) is 3.56. The lowest BCUT2D eigenvalue weighted by Gasteiger charge is -1.99. The third-order valence-corrected chi connectivity index (χ3v) is 2.86. The third kappa shape index (κ3) is 3.04. The fraction of sp³-hybridized carbons (Fsp3) is 0.250. The number of rotatable bonds is 3. The van der Waals surface area contributed by atoms with Gasteiger partial charge in [-0.25, -0.2) is 0 Å². The van der Waals surface area contributed by atoms with E-state index in [9.17, 15) is 0 Å². The first-order valence-electron chi connectivity index (χ1n) is 6.04. The van der Waals surface area contributed by atoms with Crippen LogP contribution in [0.5, 0.6) is 0 Å². The molecule has 0 unspecified atom stereocenters. The molecule has 2 heterocycles. The van der Waals surface area contributed by atoms with Crippen molar-refractivity contribution in [2.24, 2.45) is 0 Å². The molecule has 0 bridgehead atoms. The summed E-state index contributed by atoms with van der Waals surface area (Å²) < 4.78 is 11.1. The van der Waals surface area contributed by atoms with Crippen LogP contribution in [0.15, 0.2) is 44.2 Å². The summed E-state index contributed by atoms with van der Waals surface area (Å²) in [5, 5.41) is 0. The van der Waals surface area contributed by atoms with Gasteiger partial charge in [0.1, 0.15) is 23.0 Å². The van der Waals surface area contributed by atoms with Crippen molar-refractivity contribution in [3.05, 3.63) is 58.5 Å². The smallest absolute Gasteiger partial charge is 0.127 e. The van der Waals surface area contributed by atoms with Gasteiger partial charge in [-0.1, -0.05) is 0 Å². The van der Waals surface area contributed by atoms with E-state index < -0.39 is 0 Å². The van der Waals surface area contributed by atoms with Gasteiger partial charge in [-0.15, -0.1) is 0 Å². The lowest BCUT2D eigenvalue weighted by molar-refractivity contribution is 0.523. The highest BCUT2D eigenvalue weighted by Crippen LogP contribution is 2.19. The summed E-state index contributed by atoms with van der Waals surface area (Å²) in [7, 11) is 0. The molecule has 0 amide bonds. The van der Waals surface area contributed by atoms with Crippen molar-refractivity contribution in [2.45, 2.75) is 27.7 Å². The predicted octanol–water partition coefficient (Wildman–Crippen LogP) is 5.00. The molecular weight excluding hydrogens is 224 g/mol. The predicted molar refractivity (Wildman–Crippen MR) is 74.2 cm³/mol. The normalized spacial score (nSPS) is 13.1. The zero-order chi connectivity index (χ0) is 13.1. The minimum atomic E-state index is 0.883. The Hall–Kier alpha value is -1.96. The fourth-order valence-electron chi connectivity index (χ4n) is 1.72. The molecule has 0 atom stereocenters. The zero-order valence-electron chi connectivity index (χ0n) is 11.3. The molecule has 0 radical (unpaired) electrons. The van der Waals surface area contributed by atoms with Gasteiger partial charge >= 0.3 is 0 Å². The first-order chi connectivity index (χ1) is 8.54. The van der Waals surface area contributed by atoms with Crippen LogP contribution in [-0.2, 0) is 0 Å². The topological polar surface area (TPSA) is 26.3 Å². The van der Waals surface area contributed by atoms with Gasteiger partial charge < -0.3 is 8.83 Å². The Bertz CT molecular complexity index is 540. The SMILES string of the molecule is CC(=C\c1ccc(C)o1)/C(C)=C/c1ccc(C)o1. The highest BCUT2D eigenvalue weighted by Gasteiger charge is 2.00. The van der Waals surface area contributed by atoms with Gasteiger partial charge in [0.25, 0.3) is 0 Å². The van der Waals surface area contributed by atoms with E-state index in [1.54, 1.807) is 0 Å². The van der Waals surface area contributed by atoms with Gasteiger partial charge in [0.2, 0.25) is 0 Å². The van der Waals surface area contributed by atoms with Crippen LogP contribution in [0.4, 0.5) is 0 Å². The van der Waals surface area contributed by atoms with Crippen LogP contribution in [0.2, 0.25) is 0 Å². The molecule has 2 heteroatoms. The second kappa shape index (κ2) is 5.13. The van der Waals surface area contributed by atoms with Crippen molar-refractivity contribution in [2.75, 3.05) is 0 Å². The minimum absolute atomic E-state index is 0.883. The molecule has 2 aromatic rings. The Morgan fingerprint density at radius 2 is 1.17 bits per heavy atom.